The first kappa shape index (κ1) is 19.4. The lowest BCUT2D eigenvalue weighted by Crippen LogP contribution is -2.31. The molecule has 9 heteroatoms. The van der Waals surface area contributed by atoms with E-state index in [1.807, 2.05) is 30.5 Å². The van der Waals surface area contributed by atoms with Crippen molar-refractivity contribution in [3.05, 3.63) is 64.2 Å². The monoisotopic (exact) mass is 381 g/mol. The fraction of sp³-hybridized carbons (Fsp3) is 0.250. The van der Waals surface area contributed by atoms with Crippen molar-refractivity contribution >= 4 is 27.5 Å². The number of benzene rings is 2. The summed E-state index contributed by atoms with van der Waals surface area (Å²) in [7, 11) is -3.77. The highest BCUT2D eigenvalue weighted by atomic mass is 32.2. The van der Waals surface area contributed by atoms with Crippen LogP contribution in [0.1, 0.15) is 5.56 Å². The zero-order chi connectivity index (χ0) is 18.3. The summed E-state index contributed by atoms with van der Waals surface area (Å²) in [5.74, 6) is 0. The predicted octanol–water partition coefficient (Wildman–Crippen LogP) is 2.38. The van der Waals surface area contributed by atoms with E-state index in [0.717, 1.165) is 11.6 Å². The Bertz CT molecular complexity index is 824. The van der Waals surface area contributed by atoms with Crippen LogP contribution >= 0.6 is 11.8 Å². The molecule has 0 aliphatic rings. The van der Waals surface area contributed by atoms with Crippen LogP contribution in [-0.2, 0) is 16.6 Å². The molecule has 0 aliphatic carbocycles. The Hall–Kier alpha value is -1.94. The van der Waals surface area contributed by atoms with Crippen LogP contribution in [0.15, 0.2) is 58.3 Å². The van der Waals surface area contributed by atoms with Crippen LogP contribution in [-0.4, -0.2) is 32.7 Å². The summed E-state index contributed by atoms with van der Waals surface area (Å²) in [6.07, 6.45) is 2.01. The maximum Gasteiger partial charge on any atom is 0.270 e. The van der Waals surface area contributed by atoms with Crippen molar-refractivity contribution in [3.63, 3.8) is 0 Å². The first-order valence-electron chi connectivity index (χ1n) is 7.50. The zero-order valence-corrected chi connectivity index (χ0v) is 15.3. The standard InChI is InChI=1S/C16H19N3O4S2/c1-24-15-7-5-13(6-8-15)12-17-9-10-18-25(22,23)16-4-2-3-14(11-16)19(20)21/h2-8,11,17-18H,9-10,12H2,1H3. The molecule has 0 fully saturated rings. The van der Waals surface area contributed by atoms with Gasteiger partial charge in [-0.1, -0.05) is 18.2 Å². The Kier molecular flexibility index (Phi) is 6.94. The molecule has 0 unspecified atom stereocenters. The summed E-state index contributed by atoms with van der Waals surface area (Å²) in [5.41, 5.74) is 0.856. The van der Waals surface area contributed by atoms with E-state index in [1.54, 1.807) is 11.8 Å². The number of non-ortho nitro benzene ring substituents is 1. The summed E-state index contributed by atoms with van der Waals surface area (Å²) >= 11 is 1.67. The number of nitro groups is 1. The minimum atomic E-state index is -3.77. The van der Waals surface area contributed by atoms with E-state index in [-0.39, 0.29) is 17.1 Å². The summed E-state index contributed by atoms with van der Waals surface area (Å²) in [5, 5.41) is 13.9. The fourth-order valence-corrected chi connectivity index (χ4v) is 3.58. The maximum atomic E-state index is 12.1. The third-order valence-corrected chi connectivity index (χ3v) is 5.62. The van der Waals surface area contributed by atoms with Crippen molar-refractivity contribution in [3.8, 4) is 0 Å². The Morgan fingerprint density at radius 3 is 2.48 bits per heavy atom. The Balaban J connectivity index is 1.82. The van der Waals surface area contributed by atoms with E-state index in [9.17, 15) is 18.5 Å². The maximum absolute atomic E-state index is 12.1. The molecule has 134 valence electrons. The molecule has 0 spiro atoms. The Labute approximate surface area is 151 Å². The van der Waals surface area contributed by atoms with Crippen LogP contribution in [0.4, 0.5) is 5.69 Å². The van der Waals surface area contributed by atoms with Gasteiger partial charge in [-0.3, -0.25) is 10.1 Å². The molecule has 2 aromatic rings. The third-order valence-electron chi connectivity index (χ3n) is 3.42. The van der Waals surface area contributed by atoms with Gasteiger partial charge in [-0.15, -0.1) is 11.8 Å². The van der Waals surface area contributed by atoms with Crippen LogP contribution in [0, 0.1) is 10.1 Å². The highest BCUT2D eigenvalue weighted by Gasteiger charge is 2.16. The average molecular weight is 381 g/mol. The van der Waals surface area contributed by atoms with Gasteiger partial charge >= 0.3 is 0 Å². The van der Waals surface area contributed by atoms with Gasteiger partial charge < -0.3 is 5.32 Å². The summed E-state index contributed by atoms with van der Waals surface area (Å²) < 4.78 is 26.7. The van der Waals surface area contributed by atoms with E-state index in [4.69, 9.17) is 0 Å². The normalized spacial score (nSPS) is 11.4. The molecular weight excluding hydrogens is 362 g/mol. The average Bonchev–Trinajstić information content (AvgIpc) is 2.62. The van der Waals surface area contributed by atoms with Crippen LogP contribution in [0.5, 0.6) is 0 Å². The third kappa shape index (κ3) is 5.82. The summed E-state index contributed by atoms with van der Waals surface area (Å²) in [6, 6.07) is 13.1. The van der Waals surface area contributed by atoms with Crippen LogP contribution in [0.3, 0.4) is 0 Å². The van der Waals surface area contributed by atoms with E-state index in [2.05, 4.69) is 10.0 Å². The number of rotatable bonds is 9. The van der Waals surface area contributed by atoms with Gasteiger partial charge in [0.05, 0.1) is 9.82 Å². The number of hydrogen-bond acceptors (Lipinski definition) is 6. The van der Waals surface area contributed by atoms with Crippen LogP contribution in [0.25, 0.3) is 0 Å². The van der Waals surface area contributed by atoms with Gasteiger partial charge in [0.15, 0.2) is 0 Å². The van der Waals surface area contributed by atoms with Crippen LogP contribution in [0.2, 0.25) is 0 Å². The molecule has 0 bridgehead atoms. The fourth-order valence-electron chi connectivity index (χ4n) is 2.10. The largest absolute Gasteiger partial charge is 0.311 e. The van der Waals surface area contributed by atoms with E-state index in [0.29, 0.717) is 13.1 Å². The molecule has 0 atom stereocenters. The van der Waals surface area contributed by atoms with E-state index < -0.39 is 14.9 Å². The highest BCUT2D eigenvalue weighted by molar-refractivity contribution is 7.98. The molecule has 0 aliphatic heterocycles. The molecule has 0 radical (unpaired) electrons. The van der Waals surface area contributed by atoms with Crippen molar-refractivity contribution in [1.82, 2.24) is 10.0 Å². The molecule has 7 nitrogen and oxygen atoms in total. The lowest BCUT2D eigenvalue weighted by molar-refractivity contribution is -0.385. The molecule has 0 saturated heterocycles. The minimum absolute atomic E-state index is 0.116. The smallest absolute Gasteiger partial charge is 0.270 e. The lowest BCUT2D eigenvalue weighted by atomic mass is 10.2. The minimum Gasteiger partial charge on any atom is -0.311 e. The first-order valence-corrected chi connectivity index (χ1v) is 10.2. The van der Waals surface area contributed by atoms with Gasteiger partial charge in [0.1, 0.15) is 0 Å². The number of nitrogens with one attached hydrogen (secondary N) is 2. The molecular formula is C16H19N3O4S2. The number of nitro benzene ring substituents is 1. The van der Waals surface area contributed by atoms with Crippen molar-refractivity contribution in [2.24, 2.45) is 0 Å². The lowest BCUT2D eigenvalue weighted by Gasteiger charge is -2.08. The van der Waals surface area contributed by atoms with Crippen molar-refractivity contribution < 1.29 is 13.3 Å². The van der Waals surface area contributed by atoms with Crippen molar-refractivity contribution in [2.45, 2.75) is 16.3 Å². The van der Waals surface area contributed by atoms with E-state index in [1.165, 1.54) is 23.1 Å². The highest BCUT2D eigenvalue weighted by Crippen LogP contribution is 2.17. The molecule has 2 N–H and O–H groups in total. The summed E-state index contributed by atoms with van der Waals surface area (Å²) in [4.78, 5) is 11.2. The van der Waals surface area contributed by atoms with Gasteiger partial charge in [0.2, 0.25) is 10.0 Å². The van der Waals surface area contributed by atoms with Gasteiger partial charge in [0.25, 0.3) is 5.69 Å². The molecule has 0 saturated carbocycles. The molecule has 0 heterocycles. The van der Waals surface area contributed by atoms with Gasteiger partial charge in [-0.2, -0.15) is 0 Å². The van der Waals surface area contributed by atoms with Gasteiger partial charge in [0, 0.05) is 36.7 Å². The number of nitrogens with zero attached hydrogens (tertiary/aromatic N) is 1. The SMILES string of the molecule is CSc1ccc(CNCCNS(=O)(=O)c2cccc([N+](=O)[O-])c2)cc1. The second-order valence-electron chi connectivity index (χ2n) is 5.18. The number of thioether (sulfide) groups is 1. The predicted molar refractivity (Wildman–Crippen MR) is 98.2 cm³/mol. The second kappa shape index (κ2) is 8.95. The Morgan fingerprint density at radius 1 is 1.12 bits per heavy atom. The topological polar surface area (TPSA) is 101 Å². The van der Waals surface area contributed by atoms with Gasteiger partial charge in [-0.05, 0) is 30.0 Å². The molecule has 0 amide bonds. The first-order chi connectivity index (χ1) is 11.9. The molecule has 25 heavy (non-hydrogen) atoms. The molecule has 0 aromatic heterocycles. The summed E-state index contributed by atoms with van der Waals surface area (Å²) in [6.45, 7) is 1.26. The quantitative estimate of drug-likeness (QED) is 0.299. The van der Waals surface area contributed by atoms with Crippen LogP contribution < -0.4 is 10.0 Å². The molecule has 2 rings (SSSR count). The van der Waals surface area contributed by atoms with Gasteiger partial charge in [-0.25, -0.2) is 13.1 Å². The Morgan fingerprint density at radius 2 is 1.84 bits per heavy atom. The van der Waals surface area contributed by atoms with Crippen molar-refractivity contribution in [2.75, 3.05) is 19.3 Å². The second-order valence-corrected chi connectivity index (χ2v) is 7.82. The number of hydrogen-bond donors (Lipinski definition) is 2. The van der Waals surface area contributed by atoms with E-state index >= 15 is 0 Å². The molecule has 2 aromatic carbocycles. The van der Waals surface area contributed by atoms with Crippen molar-refractivity contribution in [1.29, 1.82) is 0 Å². The number of sulfonamides is 1. The zero-order valence-electron chi connectivity index (χ0n) is 13.6.